The standard InChI is InChI=1S/C17H19NO7S/c1-9(16(20)25-5)18-15(19)13(26-17(18)21)8-10-6-11(22-2)14(24-4)12(7-10)23-3/h6-9H,1-5H3/b13-8+/t9-/m1/s1. The molecule has 0 bridgehead atoms. The minimum absolute atomic E-state index is 0.181. The highest BCUT2D eigenvalue weighted by Gasteiger charge is 2.41. The predicted molar refractivity (Wildman–Crippen MR) is 95.4 cm³/mol. The fourth-order valence-corrected chi connectivity index (χ4v) is 3.33. The van der Waals surface area contributed by atoms with Crippen molar-refractivity contribution in [3.05, 3.63) is 22.6 Å². The van der Waals surface area contributed by atoms with E-state index >= 15 is 0 Å². The highest BCUT2D eigenvalue weighted by molar-refractivity contribution is 8.18. The summed E-state index contributed by atoms with van der Waals surface area (Å²) in [5, 5.41) is -0.536. The summed E-state index contributed by atoms with van der Waals surface area (Å²) in [5.74, 6) is 0.0214. The van der Waals surface area contributed by atoms with E-state index in [9.17, 15) is 14.4 Å². The molecule has 1 aliphatic rings. The molecule has 0 aromatic heterocycles. The summed E-state index contributed by atoms with van der Waals surface area (Å²) < 4.78 is 20.4. The number of imide groups is 1. The second-order valence-corrected chi connectivity index (χ2v) is 6.20. The number of nitrogens with zero attached hydrogens (tertiary/aromatic N) is 1. The number of esters is 1. The number of hydrogen-bond acceptors (Lipinski definition) is 8. The number of hydrogen-bond donors (Lipinski definition) is 0. The molecule has 140 valence electrons. The smallest absolute Gasteiger partial charge is 0.328 e. The van der Waals surface area contributed by atoms with Gasteiger partial charge in [-0.05, 0) is 42.5 Å². The van der Waals surface area contributed by atoms with E-state index in [-0.39, 0.29) is 4.91 Å². The summed E-state index contributed by atoms with van der Waals surface area (Å²) in [4.78, 5) is 37.4. The van der Waals surface area contributed by atoms with Crippen LogP contribution in [0, 0.1) is 0 Å². The Kier molecular flexibility index (Phi) is 6.14. The Morgan fingerprint density at radius 2 is 1.65 bits per heavy atom. The van der Waals surface area contributed by atoms with Crippen molar-refractivity contribution in [3.63, 3.8) is 0 Å². The zero-order valence-corrected chi connectivity index (χ0v) is 15.8. The molecule has 0 unspecified atom stereocenters. The molecule has 1 aliphatic heterocycles. The van der Waals surface area contributed by atoms with Crippen LogP contribution in [-0.4, -0.2) is 56.5 Å². The van der Waals surface area contributed by atoms with Crippen molar-refractivity contribution >= 4 is 35.0 Å². The molecule has 8 nitrogen and oxygen atoms in total. The van der Waals surface area contributed by atoms with E-state index in [0.717, 1.165) is 16.7 Å². The van der Waals surface area contributed by atoms with Crippen LogP contribution < -0.4 is 14.2 Å². The lowest BCUT2D eigenvalue weighted by Gasteiger charge is -2.18. The summed E-state index contributed by atoms with van der Waals surface area (Å²) >= 11 is 0.748. The van der Waals surface area contributed by atoms with Crippen LogP contribution in [0.15, 0.2) is 17.0 Å². The maximum absolute atomic E-state index is 12.5. The molecule has 26 heavy (non-hydrogen) atoms. The third kappa shape index (κ3) is 3.62. The molecular formula is C17H19NO7S. The third-order valence-electron chi connectivity index (χ3n) is 3.74. The van der Waals surface area contributed by atoms with E-state index in [0.29, 0.717) is 22.8 Å². The number of ether oxygens (including phenoxy) is 4. The molecule has 0 aliphatic carbocycles. The van der Waals surface area contributed by atoms with Crippen molar-refractivity contribution in [1.82, 2.24) is 4.90 Å². The van der Waals surface area contributed by atoms with Crippen LogP contribution in [0.1, 0.15) is 12.5 Å². The topological polar surface area (TPSA) is 91.4 Å². The van der Waals surface area contributed by atoms with Crippen LogP contribution in [0.2, 0.25) is 0 Å². The van der Waals surface area contributed by atoms with Crippen molar-refractivity contribution in [2.24, 2.45) is 0 Å². The summed E-state index contributed by atoms with van der Waals surface area (Å²) in [6.07, 6.45) is 1.53. The van der Waals surface area contributed by atoms with Crippen LogP contribution in [0.25, 0.3) is 6.08 Å². The lowest BCUT2D eigenvalue weighted by Crippen LogP contribution is -2.42. The summed E-state index contributed by atoms with van der Waals surface area (Å²) in [6.45, 7) is 1.44. The van der Waals surface area contributed by atoms with Crippen LogP contribution in [-0.2, 0) is 14.3 Å². The SMILES string of the molecule is COC(=O)[C@@H](C)N1C(=O)S/C(=C/c2cc(OC)c(OC)c(OC)c2)C1=O. The quantitative estimate of drug-likeness (QED) is 0.548. The molecular weight excluding hydrogens is 362 g/mol. The normalized spacial score (nSPS) is 16.7. The molecule has 1 fully saturated rings. The van der Waals surface area contributed by atoms with Gasteiger partial charge in [0.1, 0.15) is 6.04 Å². The van der Waals surface area contributed by atoms with Gasteiger partial charge < -0.3 is 18.9 Å². The Bertz CT molecular complexity index is 749. The maximum Gasteiger partial charge on any atom is 0.328 e. The van der Waals surface area contributed by atoms with Gasteiger partial charge in [0.2, 0.25) is 5.75 Å². The molecule has 2 rings (SSSR count). The fourth-order valence-electron chi connectivity index (χ4n) is 2.43. The number of methoxy groups -OCH3 is 4. The van der Waals surface area contributed by atoms with E-state index in [4.69, 9.17) is 14.2 Å². The molecule has 2 amide bonds. The first-order chi connectivity index (χ1) is 12.4. The molecule has 1 saturated heterocycles. The Balaban J connectivity index is 2.40. The summed E-state index contributed by atoms with van der Waals surface area (Å²) in [6, 6.07) is 2.30. The van der Waals surface area contributed by atoms with Gasteiger partial charge in [0.15, 0.2) is 11.5 Å². The van der Waals surface area contributed by atoms with Crippen molar-refractivity contribution in [2.45, 2.75) is 13.0 Å². The lowest BCUT2D eigenvalue weighted by molar-refractivity contribution is -0.148. The average molecular weight is 381 g/mol. The Hall–Kier alpha value is -2.68. The average Bonchev–Trinajstić information content (AvgIpc) is 2.92. The van der Waals surface area contributed by atoms with Crippen LogP contribution in [0.3, 0.4) is 0 Å². The second-order valence-electron chi connectivity index (χ2n) is 5.21. The van der Waals surface area contributed by atoms with Crippen molar-refractivity contribution < 1.29 is 33.3 Å². The molecule has 0 radical (unpaired) electrons. The highest BCUT2D eigenvalue weighted by atomic mass is 32.2. The first-order valence-electron chi connectivity index (χ1n) is 7.52. The van der Waals surface area contributed by atoms with Gasteiger partial charge >= 0.3 is 5.97 Å². The minimum Gasteiger partial charge on any atom is -0.493 e. The zero-order valence-electron chi connectivity index (χ0n) is 15.0. The minimum atomic E-state index is -1.00. The van der Waals surface area contributed by atoms with Crippen molar-refractivity contribution in [2.75, 3.05) is 28.4 Å². The second kappa shape index (κ2) is 8.13. The first kappa shape index (κ1) is 19.6. The molecule has 0 N–H and O–H groups in total. The van der Waals surface area contributed by atoms with Gasteiger partial charge in [-0.25, -0.2) is 4.79 Å². The van der Waals surface area contributed by atoms with E-state index in [2.05, 4.69) is 4.74 Å². The zero-order chi connectivity index (χ0) is 19.4. The van der Waals surface area contributed by atoms with Gasteiger partial charge in [-0.15, -0.1) is 0 Å². The number of amides is 2. The highest BCUT2D eigenvalue weighted by Crippen LogP contribution is 2.40. The lowest BCUT2D eigenvalue weighted by atomic mass is 10.1. The Morgan fingerprint density at radius 1 is 1.08 bits per heavy atom. The number of thioether (sulfide) groups is 1. The predicted octanol–water partition coefficient (Wildman–Crippen LogP) is 2.31. The fraction of sp³-hybridized carbons (Fsp3) is 0.353. The van der Waals surface area contributed by atoms with Gasteiger partial charge in [0, 0.05) is 0 Å². The Labute approximate surface area is 155 Å². The van der Waals surface area contributed by atoms with Crippen molar-refractivity contribution in [3.8, 4) is 17.2 Å². The summed E-state index contributed by atoms with van der Waals surface area (Å²) in [5.41, 5.74) is 0.579. The van der Waals surface area contributed by atoms with Crippen molar-refractivity contribution in [1.29, 1.82) is 0 Å². The number of carbonyl (C=O) groups is 3. The third-order valence-corrected chi connectivity index (χ3v) is 4.62. The molecule has 0 spiro atoms. The molecule has 1 aromatic carbocycles. The first-order valence-corrected chi connectivity index (χ1v) is 8.34. The van der Waals surface area contributed by atoms with Gasteiger partial charge in [-0.2, -0.15) is 0 Å². The number of carbonyl (C=O) groups excluding carboxylic acids is 3. The largest absolute Gasteiger partial charge is 0.493 e. The van der Waals surface area contributed by atoms with E-state index in [1.54, 1.807) is 12.1 Å². The van der Waals surface area contributed by atoms with Crippen LogP contribution >= 0.6 is 11.8 Å². The summed E-state index contributed by atoms with van der Waals surface area (Å²) in [7, 11) is 5.64. The number of benzene rings is 1. The van der Waals surface area contributed by atoms with E-state index in [1.165, 1.54) is 41.4 Å². The molecule has 1 heterocycles. The van der Waals surface area contributed by atoms with E-state index in [1.807, 2.05) is 0 Å². The van der Waals surface area contributed by atoms with E-state index < -0.39 is 23.2 Å². The number of rotatable bonds is 6. The molecule has 9 heteroatoms. The molecule has 1 atom stereocenters. The Morgan fingerprint density at radius 3 is 2.12 bits per heavy atom. The van der Waals surface area contributed by atoms with Gasteiger partial charge in [-0.3, -0.25) is 14.5 Å². The van der Waals surface area contributed by atoms with Gasteiger partial charge in [0.05, 0.1) is 33.3 Å². The van der Waals surface area contributed by atoms with Gasteiger partial charge in [-0.1, -0.05) is 0 Å². The molecule has 0 saturated carbocycles. The monoisotopic (exact) mass is 381 g/mol. The maximum atomic E-state index is 12.5. The van der Waals surface area contributed by atoms with Gasteiger partial charge in [0.25, 0.3) is 11.1 Å². The van der Waals surface area contributed by atoms with Crippen LogP contribution in [0.5, 0.6) is 17.2 Å². The molecule has 1 aromatic rings. The van der Waals surface area contributed by atoms with Crippen LogP contribution in [0.4, 0.5) is 4.79 Å².